The molecule has 0 radical (unpaired) electrons. The summed E-state index contributed by atoms with van der Waals surface area (Å²) in [5, 5.41) is 0. The number of methoxy groups -OCH3 is 1. The third-order valence-electron chi connectivity index (χ3n) is 4.25. The normalized spacial score (nSPS) is 18.8. The molecule has 0 unspecified atom stereocenters. The molecule has 23 heavy (non-hydrogen) atoms. The molecule has 0 spiro atoms. The summed E-state index contributed by atoms with van der Waals surface area (Å²) in [6.45, 7) is 3.96. The first kappa shape index (κ1) is 15.9. The van der Waals surface area contributed by atoms with Crippen LogP contribution in [0.2, 0.25) is 0 Å². The van der Waals surface area contributed by atoms with E-state index in [4.69, 9.17) is 14.2 Å². The van der Waals surface area contributed by atoms with E-state index in [0.717, 1.165) is 37.8 Å². The van der Waals surface area contributed by atoms with Crippen molar-refractivity contribution in [2.75, 3.05) is 40.0 Å². The summed E-state index contributed by atoms with van der Waals surface area (Å²) >= 11 is 0. The predicted octanol–water partition coefficient (Wildman–Crippen LogP) is 2.49. The molecule has 124 valence electrons. The standard InChI is InChI=1S/C18H24N2O3/c1-19-8-4-7-17(19)18-14-22-11-9-20(18)10-12-23-16-6-3-5-15(13-16)21-2/h3-8,13,18H,9-12,14H2,1-2H3/t18-/m0/s1. The maximum atomic E-state index is 5.88. The second kappa shape index (κ2) is 7.53. The van der Waals surface area contributed by atoms with E-state index < -0.39 is 0 Å². The zero-order valence-electron chi connectivity index (χ0n) is 13.8. The van der Waals surface area contributed by atoms with Crippen LogP contribution in [-0.4, -0.2) is 49.5 Å². The van der Waals surface area contributed by atoms with Crippen molar-refractivity contribution in [2.45, 2.75) is 6.04 Å². The fraction of sp³-hybridized carbons (Fsp3) is 0.444. The molecule has 1 fully saturated rings. The quantitative estimate of drug-likeness (QED) is 0.820. The van der Waals surface area contributed by atoms with Crippen LogP contribution in [0.1, 0.15) is 11.7 Å². The highest BCUT2D eigenvalue weighted by atomic mass is 16.5. The van der Waals surface area contributed by atoms with E-state index in [2.05, 4.69) is 34.8 Å². The average molecular weight is 316 g/mol. The van der Waals surface area contributed by atoms with Crippen molar-refractivity contribution in [1.29, 1.82) is 0 Å². The monoisotopic (exact) mass is 316 g/mol. The van der Waals surface area contributed by atoms with Crippen molar-refractivity contribution in [3.8, 4) is 11.5 Å². The molecule has 5 heteroatoms. The molecule has 0 N–H and O–H groups in total. The van der Waals surface area contributed by atoms with Gasteiger partial charge in [0.15, 0.2) is 0 Å². The molecule has 2 heterocycles. The molecule has 0 saturated carbocycles. The Kier molecular flexibility index (Phi) is 5.20. The number of hydrogen-bond acceptors (Lipinski definition) is 4. The predicted molar refractivity (Wildman–Crippen MR) is 89.0 cm³/mol. The van der Waals surface area contributed by atoms with Crippen LogP contribution in [0.25, 0.3) is 0 Å². The van der Waals surface area contributed by atoms with E-state index in [9.17, 15) is 0 Å². The second-order valence-electron chi connectivity index (χ2n) is 5.70. The summed E-state index contributed by atoms with van der Waals surface area (Å²) in [6, 6.07) is 12.3. The van der Waals surface area contributed by atoms with Gasteiger partial charge >= 0.3 is 0 Å². The first-order valence-corrected chi connectivity index (χ1v) is 7.98. The number of nitrogens with zero attached hydrogens (tertiary/aromatic N) is 2. The molecule has 2 aromatic rings. The molecule has 1 aromatic heterocycles. The van der Waals surface area contributed by atoms with Crippen LogP contribution >= 0.6 is 0 Å². The molecule has 0 aliphatic carbocycles. The second-order valence-corrected chi connectivity index (χ2v) is 5.70. The van der Waals surface area contributed by atoms with Crippen molar-refractivity contribution < 1.29 is 14.2 Å². The highest BCUT2D eigenvalue weighted by molar-refractivity contribution is 5.32. The van der Waals surface area contributed by atoms with Gasteiger partial charge in [0.05, 0.1) is 26.4 Å². The lowest BCUT2D eigenvalue weighted by atomic mass is 10.1. The van der Waals surface area contributed by atoms with E-state index in [1.165, 1.54) is 5.69 Å². The minimum Gasteiger partial charge on any atom is -0.497 e. The number of benzene rings is 1. The number of ether oxygens (including phenoxy) is 3. The highest BCUT2D eigenvalue weighted by Gasteiger charge is 2.25. The van der Waals surface area contributed by atoms with Crippen LogP contribution < -0.4 is 9.47 Å². The van der Waals surface area contributed by atoms with Gasteiger partial charge in [-0.05, 0) is 24.3 Å². The summed E-state index contributed by atoms with van der Waals surface area (Å²) in [4.78, 5) is 2.43. The molecule has 3 rings (SSSR count). The molecule has 0 bridgehead atoms. The van der Waals surface area contributed by atoms with Crippen LogP contribution in [0.4, 0.5) is 0 Å². The molecule has 1 aromatic carbocycles. The summed E-state index contributed by atoms with van der Waals surface area (Å²) < 4.78 is 18.9. The number of rotatable bonds is 6. The van der Waals surface area contributed by atoms with Crippen LogP contribution in [-0.2, 0) is 11.8 Å². The fourth-order valence-corrected chi connectivity index (χ4v) is 2.97. The van der Waals surface area contributed by atoms with Gasteiger partial charge in [0, 0.05) is 38.1 Å². The molecule has 1 atom stereocenters. The molecule has 1 saturated heterocycles. The smallest absolute Gasteiger partial charge is 0.123 e. The van der Waals surface area contributed by atoms with E-state index in [1.807, 2.05) is 24.3 Å². The highest BCUT2D eigenvalue weighted by Crippen LogP contribution is 2.24. The van der Waals surface area contributed by atoms with Crippen LogP contribution in [0.15, 0.2) is 42.6 Å². The number of aromatic nitrogens is 1. The minimum atomic E-state index is 0.289. The van der Waals surface area contributed by atoms with Gasteiger partial charge in [-0.25, -0.2) is 0 Å². The zero-order chi connectivity index (χ0) is 16.1. The molecule has 1 aliphatic heterocycles. The van der Waals surface area contributed by atoms with Crippen molar-refractivity contribution >= 4 is 0 Å². The number of morpholine rings is 1. The zero-order valence-corrected chi connectivity index (χ0v) is 13.8. The van der Waals surface area contributed by atoms with Gasteiger partial charge in [-0.1, -0.05) is 6.07 Å². The summed E-state index contributed by atoms with van der Waals surface area (Å²) in [6.07, 6.45) is 2.08. The Morgan fingerprint density at radius 3 is 2.87 bits per heavy atom. The number of aryl methyl sites for hydroxylation is 1. The topological polar surface area (TPSA) is 35.9 Å². The van der Waals surface area contributed by atoms with Crippen LogP contribution in [0.5, 0.6) is 11.5 Å². The number of hydrogen-bond donors (Lipinski definition) is 0. The summed E-state index contributed by atoms with van der Waals surface area (Å²) in [5.41, 5.74) is 1.28. The van der Waals surface area contributed by atoms with E-state index in [-0.39, 0.29) is 6.04 Å². The van der Waals surface area contributed by atoms with Gasteiger partial charge in [0.1, 0.15) is 18.1 Å². The SMILES string of the molecule is COc1cccc(OCCN2CCOC[C@H]2c2cccn2C)c1. The molecule has 5 nitrogen and oxygen atoms in total. The largest absolute Gasteiger partial charge is 0.497 e. The van der Waals surface area contributed by atoms with Crippen molar-refractivity contribution in [3.63, 3.8) is 0 Å². The Morgan fingerprint density at radius 1 is 1.22 bits per heavy atom. The summed E-state index contributed by atoms with van der Waals surface area (Å²) in [7, 11) is 3.74. The van der Waals surface area contributed by atoms with Crippen molar-refractivity contribution in [3.05, 3.63) is 48.3 Å². The van der Waals surface area contributed by atoms with Crippen molar-refractivity contribution in [1.82, 2.24) is 9.47 Å². The Hall–Kier alpha value is -1.98. The minimum absolute atomic E-state index is 0.289. The van der Waals surface area contributed by atoms with Gasteiger partial charge in [0.25, 0.3) is 0 Å². The lowest BCUT2D eigenvalue weighted by Gasteiger charge is -2.35. The Morgan fingerprint density at radius 2 is 2.09 bits per heavy atom. The molecular weight excluding hydrogens is 292 g/mol. The Bertz CT molecular complexity index is 626. The maximum Gasteiger partial charge on any atom is 0.123 e. The van der Waals surface area contributed by atoms with E-state index in [1.54, 1.807) is 7.11 Å². The Balaban J connectivity index is 1.58. The van der Waals surface area contributed by atoms with E-state index in [0.29, 0.717) is 6.61 Å². The summed E-state index contributed by atoms with van der Waals surface area (Å²) in [5.74, 6) is 1.66. The van der Waals surface area contributed by atoms with Gasteiger partial charge in [0.2, 0.25) is 0 Å². The lowest BCUT2D eigenvalue weighted by molar-refractivity contribution is -0.0156. The lowest BCUT2D eigenvalue weighted by Crippen LogP contribution is -2.42. The van der Waals surface area contributed by atoms with Gasteiger partial charge in [-0.3, -0.25) is 4.90 Å². The van der Waals surface area contributed by atoms with Gasteiger partial charge in [-0.2, -0.15) is 0 Å². The maximum absolute atomic E-state index is 5.88. The first-order chi connectivity index (χ1) is 11.3. The van der Waals surface area contributed by atoms with Crippen molar-refractivity contribution in [2.24, 2.45) is 7.05 Å². The van der Waals surface area contributed by atoms with Gasteiger partial charge < -0.3 is 18.8 Å². The van der Waals surface area contributed by atoms with Crippen LogP contribution in [0.3, 0.4) is 0 Å². The fourth-order valence-electron chi connectivity index (χ4n) is 2.97. The average Bonchev–Trinajstić information content (AvgIpc) is 3.01. The molecule has 0 amide bonds. The Labute approximate surface area is 137 Å². The van der Waals surface area contributed by atoms with Gasteiger partial charge in [-0.15, -0.1) is 0 Å². The van der Waals surface area contributed by atoms with E-state index >= 15 is 0 Å². The first-order valence-electron chi connectivity index (χ1n) is 7.98. The molecule has 1 aliphatic rings. The molecular formula is C18H24N2O3. The third-order valence-corrected chi connectivity index (χ3v) is 4.25. The third kappa shape index (κ3) is 3.86. The van der Waals surface area contributed by atoms with Crippen LogP contribution in [0, 0.1) is 0 Å².